The standard InChI is InChI=1S/C22H28F3NO5SSi/c1-21(2,3)33(5,6)31-12-11-30-19-10-7-15(14-27)26-20(19)17-9-8-16(32(4,28)29)13-18(17)22(23,24)25/h7-10,13-14H,11-12H2,1-6H3. The SMILES string of the molecule is CC(C)(C)[Si](C)(C)OCCOc1ccc(C=O)nc1-c1ccc(S(C)(=O)=O)cc1C(F)(F)F. The van der Waals surface area contributed by atoms with Crippen LogP contribution in [0.15, 0.2) is 35.2 Å². The molecule has 0 N–H and O–H groups in total. The van der Waals surface area contributed by atoms with Crippen LogP contribution in [0.4, 0.5) is 13.2 Å². The maximum Gasteiger partial charge on any atom is 0.417 e. The van der Waals surface area contributed by atoms with Crippen LogP contribution in [0.3, 0.4) is 0 Å². The normalized spacial score (nSPS) is 13.1. The van der Waals surface area contributed by atoms with Crippen LogP contribution in [-0.4, -0.2) is 47.5 Å². The molecule has 0 atom stereocenters. The summed E-state index contributed by atoms with van der Waals surface area (Å²) in [5.74, 6) is 0.0250. The van der Waals surface area contributed by atoms with Crippen LogP contribution in [0.2, 0.25) is 18.1 Å². The van der Waals surface area contributed by atoms with Gasteiger partial charge in [0.25, 0.3) is 0 Å². The van der Waals surface area contributed by atoms with Gasteiger partial charge in [-0.1, -0.05) is 26.8 Å². The highest BCUT2D eigenvalue weighted by molar-refractivity contribution is 7.90. The summed E-state index contributed by atoms with van der Waals surface area (Å²) >= 11 is 0. The highest BCUT2D eigenvalue weighted by Gasteiger charge is 2.37. The monoisotopic (exact) mass is 503 g/mol. The van der Waals surface area contributed by atoms with Crippen molar-refractivity contribution in [1.82, 2.24) is 4.98 Å². The number of pyridine rings is 1. The number of carbonyl (C=O) groups excluding carboxylic acids is 1. The van der Waals surface area contributed by atoms with E-state index in [1.165, 1.54) is 12.1 Å². The van der Waals surface area contributed by atoms with Gasteiger partial charge in [0, 0.05) is 11.8 Å². The summed E-state index contributed by atoms with van der Waals surface area (Å²) in [5, 5.41) is -0.0195. The quantitative estimate of drug-likeness (QED) is 0.273. The number of hydrogen-bond acceptors (Lipinski definition) is 6. The van der Waals surface area contributed by atoms with Gasteiger partial charge < -0.3 is 9.16 Å². The Morgan fingerprint density at radius 2 is 1.70 bits per heavy atom. The number of benzene rings is 1. The maximum atomic E-state index is 13.8. The third kappa shape index (κ3) is 6.64. The third-order valence-corrected chi connectivity index (χ3v) is 11.2. The Hall–Kier alpha value is -2.24. The predicted molar refractivity (Wildman–Crippen MR) is 122 cm³/mol. The second-order valence-electron chi connectivity index (χ2n) is 9.14. The number of hydrogen-bond donors (Lipinski definition) is 0. The highest BCUT2D eigenvalue weighted by atomic mass is 32.2. The summed E-state index contributed by atoms with van der Waals surface area (Å²) in [6.45, 7) is 10.7. The molecular weight excluding hydrogens is 475 g/mol. The number of sulfone groups is 1. The first-order valence-corrected chi connectivity index (χ1v) is 14.9. The number of aldehydes is 1. The second kappa shape index (κ2) is 9.55. The van der Waals surface area contributed by atoms with Gasteiger partial charge in [0.1, 0.15) is 23.7 Å². The van der Waals surface area contributed by atoms with Gasteiger partial charge in [-0.2, -0.15) is 13.2 Å². The van der Waals surface area contributed by atoms with Crippen molar-refractivity contribution in [2.24, 2.45) is 0 Å². The van der Waals surface area contributed by atoms with E-state index < -0.39 is 34.8 Å². The first kappa shape index (κ1) is 27.0. The number of aromatic nitrogens is 1. The molecule has 0 radical (unpaired) electrons. The van der Waals surface area contributed by atoms with E-state index in [2.05, 4.69) is 38.8 Å². The minimum atomic E-state index is -4.86. The second-order valence-corrected chi connectivity index (χ2v) is 16.0. The molecule has 33 heavy (non-hydrogen) atoms. The van der Waals surface area contributed by atoms with Crippen molar-refractivity contribution in [3.8, 4) is 17.0 Å². The Kier molecular flexibility index (Phi) is 7.82. The lowest BCUT2D eigenvalue weighted by Gasteiger charge is -2.36. The van der Waals surface area contributed by atoms with Crippen LogP contribution in [0.1, 0.15) is 36.8 Å². The Morgan fingerprint density at radius 1 is 1.06 bits per heavy atom. The van der Waals surface area contributed by atoms with Crippen molar-refractivity contribution in [3.05, 3.63) is 41.6 Å². The lowest BCUT2D eigenvalue weighted by molar-refractivity contribution is -0.137. The fourth-order valence-electron chi connectivity index (χ4n) is 2.70. The zero-order chi connectivity index (χ0) is 25.2. The van der Waals surface area contributed by atoms with E-state index in [9.17, 15) is 26.4 Å². The van der Waals surface area contributed by atoms with E-state index in [0.717, 1.165) is 18.4 Å². The minimum Gasteiger partial charge on any atom is -0.489 e. The first-order chi connectivity index (χ1) is 15.0. The molecule has 2 rings (SSSR count). The van der Waals surface area contributed by atoms with Crippen LogP contribution < -0.4 is 4.74 Å². The lowest BCUT2D eigenvalue weighted by Crippen LogP contribution is -2.41. The van der Waals surface area contributed by atoms with Crippen molar-refractivity contribution >= 4 is 24.4 Å². The van der Waals surface area contributed by atoms with Crippen molar-refractivity contribution in [2.75, 3.05) is 19.5 Å². The topological polar surface area (TPSA) is 82.6 Å². The van der Waals surface area contributed by atoms with E-state index in [-0.39, 0.29) is 41.0 Å². The van der Waals surface area contributed by atoms with Crippen molar-refractivity contribution in [3.63, 3.8) is 0 Å². The molecule has 2 aromatic rings. The molecule has 0 aliphatic heterocycles. The molecule has 0 fully saturated rings. The van der Waals surface area contributed by atoms with Gasteiger partial charge in [0.05, 0.1) is 17.1 Å². The summed E-state index contributed by atoms with van der Waals surface area (Å²) in [6.07, 6.45) is -3.63. The molecule has 0 aliphatic carbocycles. The molecule has 182 valence electrons. The van der Waals surface area contributed by atoms with Gasteiger partial charge in [-0.25, -0.2) is 13.4 Å². The molecule has 0 amide bonds. The zero-order valence-corrected chi connectivity index (χ0v) is 21.2. The number of nitrogens with zero attached hydrogens (tertiary/aromatic N) is 1. The first-order valence-electron chi connectivity index (χ1n) is 10.1. The molecule has 0 saturated carbocycles. The Bertz CT molecular complexity index is 1130. The van der Waals surface area contributed by atoms with Gasteiger partial charge >= 0.3 is 6.18 Å². The van der Waals surface area contributed by atoms with Crippen molar-refractivity contribution < 1.29 is 35.5 Å². The molecule has 1 aromatic heterocycles. The van der Waals surface area contributed by atoms with E-state index in [1.54, 1.807) is 0 Å². The van der Waals surface area contributed by atoms with E-state index in [4.69, 9.17) is 9.16 Å². The molecule has 0 aliphatic rings. The molecule has 0 unspecified atom stereocenters. The fourth-order valence-corrected chi connectivity index (χ4v) is 4.37. The lowest BCUT2D eigenvalue weighted by atomic mass is 10.0. The molecule has 1 aromatic carbocycles. The Labute approximate surface area is 193 Å². The summed E-state index contributed by atoms with van der Waals surface area (Å²) in [4.78, 5) is 14.8. The zero-order valence-electron chi connectivity index (χ0n) is 19.4. The Balaban J connectivity index is 2.46. The van der Waals surface area contributed by atoms with E-state index >= 15 is 0 Å². The van der Waals surface area contributed by atoms with Crippen LogP contribution in [0.5, 0.6) is 5.75 Å². The predicted octanol–water partition coefficient (Wildman–Crippen LogP) is 5.38. The molecule has 6 nitrogen and oxygen atoms in total. The summed E-state index contributed by atoms with van der Waals surface area (Å²) in [6, 6.07) is 5.35. The number of halogens is 3. The van der Waals surface area contributed by atoms with Crippen LogP contribution >= 0.6 is 0 Å². The van der Waals surface area contributed by atoms with Gasteiger partial charge in [0.2, 0.25) is 0 Å². The molecule has 11 heteroatoms. The average Bonchev–Trinajstić information content (AvgIpc) is 2.68. The van der Waals surface area contributed by atoms with Crippen molar-refractivity contribution in [2.45, 2.75) is 50.0 Å². The molecule has 0 bridgehead atoms. The molecular formula is C22H28F3NO5SSi. The van der Waals surface area contributed by atoms with Crippen LogP contribution in [0, 0.1) is 0 Å². The summed E-state index contributed by atoms with van der Waals surface area (Å²) in [5.41, 5.74) is -1.88. The maximum absolute atomic E-state index is 13.8. The number of alkyl halides is 3. The number of carbonyl (C=O) groups is 1. The van der Waals surface area contributed by atoms with Gasteiger partial charge in [-0.3, -0.25) is 4.79 Å². The third-order valence-electron chi connectivity index (χ3n) is 5.59. The summed E-state index contributed by atoms with van der Waals surface area (Å²) in [7, 11) is -5.91. The van der Waals surface area contributed by atoms with Crippen LogP contribution in [0.25, 0.3) is 11.3 Å². The van der Waals surface area contributed by atoms with Gasteiger partial charge in [-0.05, 0) is 42.4 Å². The van der Waals surface area contributed by atoms with Gasteiger partial charge in [0.15, 0.2) is 24.4 Å². The van der Waals surface area contributed by atoms with E-state index in [0.29, 0.717) is 12.4 Å². The summed E-state index contributed by atoms with van der Waals surface area (Å²) < 4.78 is 76.8. The smallest absolute Gasteiger partial charge is 0.417 e. The van der Waals surface area contributed by atoms with E-state index in [1.807, 2.05) is 0 Å². The van der Waals surface area contributed by atoms with Gasteiger partial charge in [-0.15, -0.1) is 0 Å². The molecule has 0 saturated heterocycles. The number of ether oxygens (including phenoxy) is 1. The van der Waals surface area contributed by atoms with Crippen molar-refractivity contribution in [1.29, 1.82) is 0 Å². The fraction of sp³-hybridized carbons (Fsp3) is 0.455. The molecule has 1 heterocycles. The minimum absolute atomic E-state index is 0.0195. The number of rotatable bonds is 8. The largest absolute Gasteiger partial charge is 0.489 e. The average molecular weight is 504 g/mol. The highest BCUT2D eigenvalue weighted by Crippen LogP contribution is 2.41. The molecule has 0 spiro atoms. The van der Waals surface area contributed by atoms with Crippen LogP contribution in [-0.2, 0) is 20.4 Å². The Morgan fingerprint density at radius 3 is 2.21 bits per heavy atom.